The summed E-state index contributed by atoms with van der Waals surface area (Å²) in [6.07, 6.45) is 2.22. The number of nitrogens with one attached hydrogen (secondary N) is 3. The highest BCUT2D eigenvalue weighted by Gasteiger charge is 2.27. The maximum atomic E-state index is 12.7. The minimum atomic E-state index is -0.311. The molecule has 0 radical (unpaired) electrons. The molecule has 0 spiro atoms. The van der Waals surface area contributed by atoms with Crippen LogP contribution < -0.4 is 16.0 Å². The van der Waals surface area contributed by atoms with Gasteiger partial charge in [0, 0.05) is 44.4 Å². The normalized spacial score (nSPS) is 18.6. The van der Waals surface area contributed by atoms with Crippen LogP contribution in [0.1, 0.15) is 51.9 Å². The zero-order chi connectivity index (χ0) is 21.4. The van der Waals surface area contributed by atoms with Gasteiger partial charge in [-0.25, -0.2) is 4.98 Å². The first kappa shape index (κ1) is 21.9. The predicted molar refractivity (Wildman–Crippen MR) is 116 cm³/mol. The second-order valence-corrected chi connectivity index (χ2v) is 7.81. The van der Waals surface area contributed by atoms with Crippen molar-refractivity contribution in [2.45, 2.75) is 31.8 Å². The molecule has 0 aliphatic carbocycles. The first-order valence-corrected chi connectivity index (χ1v) is 10.4. The number of hydrogen-bond donors (Lipinski definition) is 3. The first-order chi connectivity index (χ1) is 14.5. The Morgan fingerprint density at radius 3 is 2.70 bits per heavy atom. The number of ether oxygens (including phenoxy) is 1. The third kappa shape index (κ3) is 6.11. The van der Waals surface area contributed by atoms with Crippen molar-refractivity contribution in [1.82, 2.24) is 20.9 Å². The van der Waals surface area contributed by atoms with Crippen LogP contribution in [0.25, 0.3) is 0 Å². The lowest BCUT2D eigenvalue weighted by Gasteiger charge is -2.34. The average Bonchev–Trinajstić information content (AvgIpc) is 2.77. The fourth-order valence-corrected chi connectivity index (χ4v) is 3.56. The highest BCUT2D eigenvalue weighted by molar-refractivity contribution is 5.98. The fourth-order valence-electron chi connectivity index (χ4n) is 3.56. The van der Waals surface area contributed by atoms with Gasteiger partial charge in [0.2, 0.25) is 0 Å². The van der Waals surface area contributed by atoms with E-state index in [0.717, 1.165) is 31.5 Å². The van der Waals surface area contributed by atoms with Crippen molar-refractivity contribution in [3.63, 3.8) is 0 Å². The summed E-state index contributed by atoms with van der Waals surface area (Å²) < 4.78 is 5.86. The molecule has 2 aromatic rings. The average molecular weight is 411 g/mol. The molecule has 2 amide bonds. The van der Waals surface area contributed by atoms with Crippen molar-refractivity contribution >= 4 is 11.8 Å². The molecule has 1 aliphatic rings. The molecule has 1 aromatic heterocycles. The zero-order valence-corrected chi connectivity index (χ0v) is 17.7. The van der Waals surface area contributed by atoms with E-state index in [-0.39, 0.29) is 23.1 Å². The molecular formula is C23H30N4O3. The van der Waals surface area contributed by atoms with E-state index in [1.165, 1.54) is 6.07 Å². The van der Waals surface area contributed by atoms with Crippen LogP contribution in [-0.4, -0.2) is 55.7 Å². The summed E-state index contributed by atoms with van der Waals surface area (Å²) in [6, 6.07) is 13.1. The molecule has 3 rings (SSSR count). The third-order valence-electron chi connectivity index (χ3n) is 5.22. The number of rotatable bonds is 8. The number of carbonyl (C=O) groups excluding carboxylic acids is 2. The van der Waals surface area contributed by atoms with Crippen LogP contribution in [0.3, 0.4) is 0 Å². The standard InChI is InChI=1S/C23H30N4O3/c1-23(16-25-11-12-30-23)9-6-10-26-21(28)18-14-19(13-17-7-4-3-5-8-17)27-20(15-18)22(29)24-2/h3-5,7-8,14-15,25H,6,9-13,16H2,1-2H3,(H,24,29)(H,26,28)/t23-/m0/s1. The van der Waals surface area contributed by atoms with Crippen LogP contribution in [0.5, 0.6) is 0 Å². The Labute approximate surface area is 177 Å². The zero-order valence-electron chi connectivity index (χ0n) is 17.7. The molecule has 3 N–H and O–H groups in total. The van der Waals surface area contributed by atoms with E-state index in [1.807, 2.05) is 30.3 Å². The molecule has 1 aliphatic heterocycles. The lowest BCUT2D eigenvalue weighted by atomic mass is 9.98. The monoisotopic (exact) mass is 410 g/mol. The van der Waals surface area contributed by atoms with Gasteiger partial charge in [0.15, 0.2) is 0 Å². The van der Waals surface area contributed by atoms with E-state index < -0.39 is 0 Å². The number of carbonyl (C=O) groups is 2. The molecule has 0 unspecified atom stereocenters. The Hall–Kier alpha value is -2.77. The molecule has 1 atom stereocenters. The fraction of sp³-hybridized carbons (Fsp3) is 0.435. The number of hydrogen-bond acceptors (Lipinski definition) is 5. The molecule has 160 valence electrons. The van der Waals surface area contributed by atoms with E-state index in [2.05, 4.69) is 27.9 Å². The quantitative estimate of drug-likeness (QED) is 0.579. The topological polar surface area (TPSA) is 92.4 Å². The largest absolute Gasteiger partial charge is 0.373 e. The molecule has 2 heterocycles. The molecule has 1 saturated heterocycles. The van der Waals surface area contributed by atoms with Crippen LogP contribution in [0.15, 0.2) is 42.5 Å². The van der Waals surface area contributed by atoms with Crippen LogP contribution in [0.2, 0.25) is 0 Å². The van der Waals surface area contributed by atoms with E-state index in [1.54, 1.807) is 13.1 Å². The van der Waals surface area contributed by atoms with Crippen molar-refractivity contribution < 1.29 is 14.3 Å². The van der Waals surface area contributed by atoms with E-state index in [0.29, 0.717) is 30.8 Å². The van der Waals surface area contributed by atoms with Crippen LogP contribution in [0, 0.1) is 0 Å². The minimum absolute atomic E-state index is 0.186. The van der Waals surface area contributed by atoms with Gasteiger partial charge in [0.1, 0.15) is 5.69 Å². The SMILES string of the molecule is CNC(=O)c1cc(C(=O)NCCC[C@@]2(C)CNCCO2)cc(Cc2ccccc2)n1. The Bertz CT molecular complexity index is 864. The maximum absolute atomic E-state index is 12.7. The number of morpholine rings is 1. The van der Waals surface area contributed by atoms with Gasteiger partial charge < -0.3 is 20.7 Å². The van der Waals surface area contributed by atoms with Gasteiger partial charge in [0.25, 0.3) is 11.8 Å². The second kappa shape index (κ2) is 10.3. The number of aromatic nitrogens is 1. The summed E-state index contributed by atoms with van der Waals surface area (Å²) >= 11 is 0. The first-order valence-electron chi connectivity index (χ1n) is 10.4. The Morgan fingerprint density at radius 1 is 1.20 bits per heavy atom. The van der Waals surface area contributed by atoms with E-state index in [9.17, 15) is 9.59 Å². The van der Waals surface area contributed by atoms with Crippen molar-refractivity contribution in [2.75, 3.05) is 33.3 Å². The smallest absolute Gasteiger partial charge is 0.269 e. The third-order valence-corrected chi connectivity index (χ3v) is 5.22. The predicted octanol–water partition coefficient (Wildman–Crippen LogP) is 1.92. The van der Waals surface area contributed by atoms with E-state index >= 15 is 0 Å². The maximum Gasteiger partial charge on any atom is 0.269 e. The summed E-state index contributed by atoms with van der Waals surface area (Å²) in [5.41, 5.74) is 2.25. The number of pyridine rings is 1. The second-order valence-electron chi connectivity index (χ2n) is 7.81. The molecule has 1 aromatic carbocycles. The molecule has 7 nitrogen and oxygen atoms in total. The van der Waals surface area contributed by atoms with Gasteiger partial charge >= 0.3 is 0 Å². The van der Waals surface area contributed by atoms with E-state index in [4.69, 9.17) is 4.74 Å². The number of nitrogens with zero attached hydrogens (tertiary/aromatic N) is 1. The van der Waals surface area contributed by atoms with Crippen molar-refractivity contribution in [3.8, 4) is 0 Å². The highest BCUT2D eigenvalue weighted by Crippen LogP contribution is 2.18. The van der Waals surface area contributed by atoms with Gasteiger partial charge in [-0.2, -0.15) is 0 Å². The molecule has 0 bridgehead atoms. The van der Waals surface area contributed by atoms with Crippen molar-refractivity contribution in [2.24, 2.45) is 0 Å². The molecular weight excluding hydrogens is 380 g/mol. The van der Waals surface area contributed by atoms with Crippen LogP contribution >= 0.6 is 0 Å². The summed E-state index contributed by atoms with van der Waals surface area (Å²) in [5, 5.41) is 8.88. The summed E-state index contributed by atoms with van der Waals surface area (Å²) in [4.78, 5) is 29.3. The highest BCUT2D eigenvalue weighted by atomic mass is 16.5. The van der Waals surface area contributed by atoms with Gasteiger partial charge in [-0.05, 0) is 37.5 Å². The van der Waals surface area contributed by atoms with Gasteiger partial charge in [0.05, 0.1) is 12.2 Å². The Balaban J connectivity index is 1.64. The lowest BCUT2D eigenvalue weighted by molar-refractivity contribution is -0.0584. The molecule has 30 heavy (non-hydrogen) atoms. The summed E-state index contributed by atoms with van der Waals surface area (Å²) in [7, 11) is 1.55. The summed E-state index contributed by atoms with van der Waals surface area (Å²) in [5.74, 6) is -0.515. The van der Waals surface area contributed by atoms with Gasteiger partial charge in [-0.15, -0.1) is 0 Å². The minimum Gasteiger partial charge on any atom is -0.373 e. The van der Waals surface area contributed by atoms with Crippen LogP contribution in [0.4, 0.5) is 0 Å². The molecule has 0 saturated carbocycles. The Kier molecular flexibility index (Phi) is 7.54. The van der Waals surface area contributed by atoms with Crippen molar-refractivity contribution in [3.05, 3.63) is 65.0 Å². The number of amides is 2. The van der Waals surface area contributed by atoms with Crippen LogP contribution in [-0.2, 0) is 11.2 Å². The summed E-state index contributed by atoms with van der Waals surface area (Å²) in [6.45, 7) is 5.06. The van der Waals surface area contributed by atoms with Crippen molar-refractivity contribution in [1.29, 1.82) is 0 Å². The van der Waals surface area contributed by atoms with Gasteiger partial charge in [-0.3, -0.25) is 9.59 Å². The number of benzene rings is 1. The lowest BCUT2D eigenvalue weighted by Crippen LogP contribution is -2.47. The molecule has 7 heteroatoms. The van der Waals surface area contributed by atoms with Gasteiger partial charge in [-0.1, -0.05) is 30.3 Å². The Morgan fingerprint density at radius 2 is 2.00 bits per heavy atom. The molecule has 1 fully saturated rings.